The number of thiocarbonyl (C=S) groups is 1. The van der Waals surface area contributed by atoms with E-state index in [1.54, 1.807) is 18.6 Å². The zero-order chi connectivity index (χ0) is 11.4. The summed E-state index contributed by atoms with van der Waals surface area (Å²) in [4.78, 5) is 12.8. The minimum atomic E-state index is 0.818. The third-order valence-corrected chi connectivity index (χ3v) is 3.12. The van der Waals surface area contributed by atoms with Crippen LogP contribution in [0, 0.1) is 0 Å². The summed E-state index contributed by atoms with van der Waals surface area (Å²) in [6.07, 6.45) is 5.21. The van der Waals surface area contributed by atoms with E-state index in [4.69, 9.17) is 12.2 Å². The quantitative estimate of drug-likeness (QED) is 0.699. The molecule has 0 aromatic carbocycles. The van der Waals surface area contributed by atoms with E-state index in [0.29, 0.717) is 0 Å². The smallest absolute Gasteiger partial charge is 0.168 e. The Morgan fingerprint density at radius 2 is 2.06 bits per heavy atom. The SMILES string of the molecule is CNC(=S)N1CCN(c2cnccn2)CC1. The van der Waals surface area contributed by atoms with Crippen LogP contribution in [0.3, 0.4) is 0 Å². The Morgan fingerprint density at radius 1 is 1.31 bits per heavy atom. The summed E-state index contributed by atoms with van der Waals surface area (Å²) in [5, 5.41) is 3.82. The topological polar surface area (TPSA) is 44.3 Å². The number of aromatic nitrogens is 2. The Morgan fingerprint density at radius 3 is 2.62 bits per heavy atom. The Hall–Kier alpha value is -1.43. The van der Waals surface area contributed by atoms with Gasteiger partial charge in [0, 0.05) is 45.6 Å². The van der Waals surface area contributed by atoms with Crippen molar-refractivity contribution in [3.63, 3.8) is 0 Å². The molecule has 1 aromatic heterocycles. The molecule has 0 radical (unpaired) electrons. The van der Waals surface area contributed by atoms with Gasteiger partial charge in [-0.05, 0) is 12.2 Å². The van der Waals surface area contributed by atoms with Crippen LogP contribution in [0.2, 0.25) is 0 Å². The molecule has 0 atom stereocenters. The summed E-state index contributed by atoms with van der Waals surface area (Å²) >= 11 is 5.20. The molecule has 0 bridgehead atoms. The molecule has 0 aliphatic carbocycles. The molecule has 86 valence electrons. The first kappa shape index (κ1) is 11.1. The molecule has 1 fully saturated rings. The molecule has 16 heavy (non-hydrogen) atoms. The Kier molecular flexibility index (Phi) is 3.51. The fourth-order valence-electron chi connectivity index (χ4n) is 1.75. The number of anilines is 1. The van der Waals surface area contributed by atoms with Crippen LogP contribution in [0.25, 0.3) is 0 Å². The van der Waals surface area contributed by atoms with Gasteiger partial charge < -0.3 is 15.1 Å². The molecule has 2 heterocycles. The van der Waals surface area contributed by atoms with Gasteiger partial charge in [0.25, 0.3) is 0 Å². The lowest BCUT2D eigenvalue weighted by molar-refractivity contribution is 0.381. The van der Waals surface area contributed by atoms with Gasteiger partial charge in [-0.3, -0.25) is 4.98 Å². The minimum Gasteiger partial charge on any atom is -0.366 e. The predicted molar refractivity (Wildman–Crippen MR) is 67.5 cm³/mol. The van der Waals surface area contributed by atoms with Crippen molar-refractivity contribution in [2.45, 2.75) is 0 Å². The van der Waals surface area contributed by atoms with E-state index in [1.807, 2.05) is 7.05 Å². The van der Waals surface area contributed by atoms with Gasteiger partial charge in [-0.1, -0.05) is 0 Å². The number of nitrogens with one attached hydrogen (secondary N) is 1. The number of hydrogen-bond donors (Lipinski definition) is 1. The van der Waals surface area contributed by atoms with Gasteiger partial charge in [0.15, 0.2) is 5.11 Å². The minimum absolute atomic E-state index is 0.818. The first-order valence-electron chi connectivity index (χ1n) is 5.29. The molecule has 6 heteroatoms. The van der Waals surface area contributed by atoms with Crippen LogP contribution in [0.1, 0.15) is 0 Å². The molecule has 1 N–H and O–H groups in total. The summed E-state index contributed by atoms with van der Waals surface area (Å²) in [7, 11) is 1.86. The van der Waals surface area contributed by atoms with E-state index in [0.717, 1.165) is 37.1 Å². The van der Waals surface area contributed by atoms with Crippen molar-refractivity contribution in [3.8, 4) is 0 Å². The first-order chi connectivity index (χ1) is 7.81. The van der Waals surface area contributed by atoms with E-state index >= 15 is 0 Å². The van der Waals surface area contributed by atoms with E-state index in [1.165, 1.54) is 0 Å². The predicted octanol–water partition coefficient (Wildman–Crippen LogP) is 0.103. The van der Waals surface area contributed by atoms with Gasteiger partial charge in [-0.15, -0.1) is 0 Å². The average molecular weight is 237 g/mol. The summed E-state index contributed by atoms with van der Waals surface area (Å²) < 4.78 is 0. The fraction of sp³-hybridized carbons (Fsp3) is 0.500. The molecule has 1 aromatic rings. The summed E-state index contributed by atoms with van der Waals surface area (Å²) in [5.74, 6) is 0.942. The van der Waals surface area contributed by atoms with Gasteiger partial charge >= 0.3 is 0 Å². The highest BCUT2D eigenvalue weighted by atomic mass is 32.1. The molecular weight excluding hydrogens is 222 g/mol. The van der Waals surface area contributed by atoms with Crippen LogP contribution in [0.5, 0.6) is 0 Å². The third kappa shape index (κ3) is 2.38. The largest absolute Gasteiger partial charge is 0.366 e. The van der Waals surface area contributed by atoms with Gasteiger partial charge in [0.2, 0.25) is 0 Å². The van der Waals surface area contributed by atoms with Crippen LogP contribution < -0.4 is 10.2 Å². The average Bonchev–Trinajstić information content (AvgIpc) is 2.39. The van der Waals surface area contributed by atoms with Crippen LogP contribution in [-0.4, -0.2) is 53.2 Å². The molecule has 5 nitrogen and oxygen atoms in total. The number of hydrogen-bond acceptors (Lipinski definition) is 4. The highest BCUT2D eigenvalue weighted by molar-refractivity contribution is 7.80. The summed E-state index contributed by atoms with van der Waals surface area (Å²) in [6, 6.07) is 0. The summed E-state index contributed by atoms with van der Waals surface area (Å²) in [6.45, 7) is 3.72. The van der Waals surface area contributed by atoms with Gasteiger partial charge in [0.05, 0.1) is 6.20 Å². The van der Waals surface area contributed by atoms with Crippen molar-refractivity contribution < 1.29 is 0 Å². The summed E-state index contributed by atoms with van der Waals surface area (Å²) in [5.41, 5.74) is 0. The van der Waals surface area contributed by atoms with E-state index in [2.05, 4.69) is 25.1 Å². The lowest BCUT2D eigenvalue weighted by Gasteiger charge is -2.36. The fourth-order valence-corrected chi connectivity index (χ4v) is 1.93. The number of piperazine rings is 1. The van der Waals surface area contributed by atoms with Gasteiger partial charge in [-0.2, -0.15) is 0 Å². The third-order valence-electron chi connectivity index (χ3n) is 2.65. The van der Waals surface area contributed by atoms with Gasteiger partial charge in [0.1, 0.15) is 5.82 Å². The van der Waals surface area contributed by atoms with Crippen molar-refractivity contribution in [1.29, 1.82) is 0 Å². The lowest BCUT2D eigenvalue weighted by atomic mass is 10.3. The second-order valence-corrected chi connectivity index (χ2v) is 3.98. The van der Waals surface area contributed by atoms with Crippen molar-refractivity contribution in [1.82, 2.24) is 20.2 Å². The highest BCUT2D eigenvalue weighted by Gasteiger charge is 2.18. The van der Waals surface area contributed by atoms with Crippen molar-refractivity contribution >= 4 is 23.1 Å². The van der Waals surface area contributed by atoms with Crippen molar-refractivity contribution in [2.24, 2.45) is 0 Å². The number of rotatable bonds is 1. The van der Waals surface area contributed by atoms with Crippen LogP contribution in [0.4, 0.5) is 5.82 Å². The van der Waals surface area contributed by atoms with E-state index in [9.17, 15) is 0 Å². The Labute approximate surface area is 100 Å². The van der Waals surface area contributed by atoms with Crippen LogP contribution in [0.15, 0.2) is 18.6 Å². The maximum absolute atomic E-state index is 5.20. The van der Waals surface area contributed by atoms with Crippen molar-refractivity contribution in [3.05, 3.63) is 18.6 Å². The Bertz CT molecular complexity index is 347. The molecule has 1 aliphatic rings. The second-order valence-electron chi connectivity index (χ2n) is 3.59. The zero-order valence-electron chi connectivity index (χ0n) is 9.26. The molecular formula is C10H15N5S. The van der Waals surface area contributed by atoms with Crippen molar-refractivity contribution in [2.75, 3.05) is 38.1 Å². The monoisotopic (exact) mass is 237 g/mol. The molecule has 1 saturated heterocycles. The number of nitrogens with zero attached hydrogens (tertiary/aromatic N) is 4. The highest BCUT2D eigenvalue weighted by Crippen LogP contribution is 2.11. The molecule has 0 unspecified atom stereocenters. The van der Waals surface area contributed by atoms with E-state index < -0.39 is 0 Å². The first-order valence-corrected chi connectivity index (χ1v) is 5.69. The normalized spacial score (nSPS) is 16.1. The Balaban J connectivity index is 1.93. The molecule has 1 aliphatic heterocycles. The van der Waals surface area contributed by atoms with Crippen LogP contribution >= 0.6 is 12.2 Å². The standard InChI is InChI=1S/C10H15N5S/c1-11-10(16)15-6-4-14(5-7-15)9-8-12-2-3-13-9/h2-3,8H,4-7H2,1H3,(H,11,16). The molecule has 0 amide bonds. The van der Waals surface area contributed by atoms with E-state index in [-0.39, 0.29) is 0 Å². The maximum atomic E-state index is 5.20. The van der Waals surface area contributed by atoms with Gasteiger partial charge in [-0.25, -0.2) is 4.98 Å². The van der Waals surface area contributed by atoms with Crippen LogP contribution in [-0.2, 0) is 0 Å². The molecule has 0 saturated carbocycles. The lowest BCUT2D eigenvalue weighted by Crippen LogP contribution is -2.51. The maximum Gasteiger partial charge on any atom is 0.168 e. The second kappa shape index (κ2) is 5.07. The molecule has 0 spiro atoms. The molecule has 2 rings (SSSR count). The zero-order valence-corrected chi connectivity index (χ0v) is 10.1.